The van der Waals surface area contributed by atoms with Crippen molar-refractivity contribution in [2.45, 2.75) is 13.3 Å². The first-order valence-corrected chi connectivity index (χ1v) is 6.08. The van der Waals surface area contributed by atoms with Crippen molar-refractivity contribution in [3.05, 3.63) is 47.4 Å². The summed E-state index contributed by atoms with van der Waals surface area (Å²) in [6.45, 7) is 1.78. The van der Waals surface area contributed by atoms with Gasteiger partial charge in [0.25, 0.3) is 0 Å². The van der Waals surface area contributed by atoms with Gasteiger partial charge in [0.05, 0.1) is 0 Å². The van der Waals surface area contributed by atoms with Crippen LogP contribution in [-0.4, -0.2) is 15.0 Å². The SMILES string of the molecule is Cc1nc(N)c(Cc2c[nH]c3ccccc23)c(N)n1. The Kier molecular flexibility index (Phi) is 2.59. The van der Waals surface area contributed by atoms with Crippen LogP contribution < -0.4 is 11.5 Å². The zero-order valence-corrected chi connectivity index (χ0v) is 10.6. The van der Waals surface area contributed by atoms with E-state index < -0.39 is 0 Å². The number of aromatic nitrogens is 3. The maximum atomic E-state index is 5.94. The zero-order chi connectivity index (χ0) is 13.4. The molecule has 0 aliphatic carbocycles. The van der Waals surface area contributed by atoms with Crippen LogP contribution in [0.25, 0.3) is 10.9 Å². The van der Waals surface area contributed by atoms with Crippen molar-refractivity contribution in [3.63, 3.8) is 0 Å². The molecular weight excluding hydrogens is 238 g/mol. The second-order valence-electron chi connectivity index (χ2n) is 4.56. The molecule has 0 unspecified atom stereocenters. The predicted octanol–water partition coefficient (Wildman–Crippen LogP) is 2.02. The first-order chi connectivity index (χ1) is 9.15. The molecule has 0 aliphatic heterocycles. The number of anilines is 2. The molecule has 0 bridgehead atoms. The Morgan fingerprint density at radius 3 is 2.53 bits per heavy atom. The number of fused-ring (bicyclic) bond motifs is 1. The van der Waals surface area contributed by atoms with Crippen LogP contribution in [0.5, 0.6) is 0 Å². The fourth-order valence-electron chi connectivity index (χ4n) is 2.29. The summed E-state index contributed by atoms with van der Waals surface area (Å²) >= 11 is 0. The van der Waals surface area contributed by atoms with E-state index in [1.165, 1.54) is 5.39 Å². The molecule has 0 fully saturated rings. The van der Waals surface area contributed by atoms with Gasteiger partial charge in [0.1, 0.15) is 17.5 Å². The highest BCUT2D eigenvalue weighted by molar-refractivity contribution is 5.83. The molecule has 3 rings (SSSR count). The number of hydrogen-bond donors (Lipinski definition) is 3. The Balaban J connectivity index is 2.06. The number of aryl methyl sites for hydroxylation is 1. The van der Waals surface area contributed by atoms with Crippen molar-refractivity contribution >= 4 is 22.5 Å². The minimum Gasteiger partial charge on any atom is -0.383 e. The summed E-state index contributed by atoms with van der Waals surface area (Å²) < 4.78 is 0. The summed E-state index contributed by atoms with van der Waals surface area (Å²) in [5.41, 5.74) is 14.9. The number of H-pyrrole nitrogens is 1. The average Bonchev–Trinajstić information content (AvgIpc) is 2.77. The van der Waals surface area contributed by atoms with Crippen molar-refractivity contribution in [1.29, 1.82) is 0 Å². The molecular formula is C14H15N5. The van der Waals surface area contributed by atoms with E-state index in [2.05, 4.69) is 21.0 Å². The Hall–Kier alpha value is -2.56. The van der Waals surface area contributed by atoms with Gasteiger partial charge in [-0.05, 0) is 18.6 Å². The summed E-state index contributed by atoms with van der Waals surface area (Å²) in [4.78, 5) is 11.6. The van der Waals surface area contributed by atoms with Gasteiger partial charge in [-0.2, -0.15) is 0 Å². The summed E-state index contributed by atoms with van der Waals surface area (Å²) in [5.74, 6) is 1.50. The maximum Gasteiger partial charge on any atom is 0.132 e. The molecule has 0 amide bonds. The molecule has 0 aliphatic rings. The third-order valence-electron chi connectivity index (χ3n) is 3.23. The molecule has 5 heteroatoms. The van der Waals surface area contributed by atoms with Gasteiger partial charge in [-0.3, -0.25) is 0 Å². The topological polar surface area (TPSA) is 93.6 Å². The second kappa shape index (κ2) is 4.28. The number of nitrogen functional groups attached to an aromatic ring is 2. The van der Waals surface area contributed by atoms with Crippen LogP contribution in [0.15, 0.2) is 30.5 Å². The Morgan fingerprint density at radius 2 is 1.79 bits per heavy atom. The third-order valence-corrected chi connectivity index (χ3v) is 3.23. The number of nitrogens with two attached hydrogens (primary N) is 2. The van der Waals surface area contributed by atoms with Crippen LogP contribution in [0.3, 0.4) is 0 Å². The molecule has 1 aromatic carbocycles. The van der Waals surface area contributed by atoms with Crippen LogP contribution in [0.1, 0.15) is 17.0 Å². The molecule has 2 heterocycles. The minimum absolute atomic E-state index is 0.454. The Morgan fingerprint density at radius 1 is 1.11 bits per heavy atom. The Bertz CT molecular complexity index is 721. The lowest BCUT2D eigenvalue weighted by molar-refractivity contribution is 1.03. The summed E-state index contributed by atoms with van der Waals surface area (Å²) in [7, 11) is 0. The summed E-state index contributed by atoms with van der Waals surface area (Å²) in [6, 6.07) is 8.12. The van der Waals surface area contributed by atoms with Gasteiger partial charge < -0.3 is 16.5 Å². The van der Waals surface area contributed by atoms with Gasteiger partial charge in [-0.15, -0.1) is 0 Å². The van der Waals surface area contributed by atoms with Crippen molar-refractivity contribution in [2.24, 2.45) is 0 Å². The fraction of sp³-hybridized carbons (Fsp3) is 0.143. The second-order valence-corrected chi connectivity index (χ2v) is 4.56. The van der Waals surface area contributed by atoms with Gasteiger partial charge in [-0.25, -0.2) is 9.97 Å². The number of aromatic amines is 1. The van der Waals surface area contributed by atoms with Gasteiger partial charge in [0.2, 0.25) is 0 Å². The van der Waals surface area contributed by atoms with E-state index in [4.69, 9.17) is 11.5 Å². The summed E-state index contributed by atoms with van der Waals surface area (Å²) in [5, 5.41) is 1.17. The van der Waals surface area contributed by atoms with Crippen molar-refractivity contribution in [3.8, 4) is 0 Å². The Labute approximate surface area is 110 Å². The molecule has 0 radical (unpaired) electrons. The normalized spacial score (nSPS) is 11.0. The van der Waals surface area contributed by atoms with Crippen LogP contribution >= 0.6 is 0 Å². The average molecular weight is 253 g/mol. The van der Waals surface area contributed by atoms with Crippen LogP contribution in [0.2, 0.25) is 0 Å². The van der Waals surface area contributed by atoms with E-state index in [1.54, 1.807) is 6.92 Å². The lowest BCUT2D eigenvalue weighted by Gasteiger charge is -2.08. The van der Waals surface area contributed by atoms with E-state index in [1.807, 2.05) is 24.4 Å². The maximum absolute atomic E-state index is 5.94. The highest BCUT2D eigenvalue weighted by atomic mass is 15.0. The summed E-state index contributed by atoms with van der Waals surface area (Å²) in [6.07, 6.45) is 2.60. The van der Waals surface area contributed by atoms with Crippen molar-refractivity contribution in [2.75, 3.05) is 11.5 Å². The van der Waals surface area contributed by atoms with Gasteiger partial charge in [-0.1, -0.05) is 18.2 Å². The number of nitrogens with one attached hydrogen (secondary N) is 1. The molecule has 0 saturated carbocycles. The molecule has 19 heavy (non-hydrogen) atoms. The number of nitrogens with zero attached hydrogens (tertiary/aromatic N) is 2. The molecule has 3 aromatic rings. The van der Waals surface area contributed by atoms with Crippen LogP contribution in [0, 0.1) is 6.92 Å². The van der Waals surface area contributed by atoms with Crippen LogP contribution in [0.4, 0.5) is 11.6 Å². The quantitative estimate of drug-likeness (QED) is 0.651. The third kappa shape index (κ3) is 1.99. The van der Waals surface area contributed by atoms with E-state index >= 15 is 0 Å². The van der Waals surface area contributed by atoms with Gasteiger partial charge in [0.15, 0.2) is 0 Å². The molecule has 0 saturated heterocycles. The van der Waals surface area contributed by atoms with E-state index in [-0.39, 0.29) is 0 Å². The monoisotopic (exact) mass is 253 g/mol. The number of hydrogen-bond acceptors (Lipinski definition) is 4. The van der Waals surface area contributed by atoms with Gasteiger partial charge in [0, 0.05) is 29.1 Å². The van der Waals surface area contributed by atoms with Crippen molar-refractivity contribution in [1.82, 2.24) is 15.0 Å². The standard InChI is InChI=1S/C14H15N5/c1-8-18-13(15)11(14(16)19-8)6-9-7-17-12-5-3-2-4-10(9)12/h2-5,7,17H,6H2,1H3,(H4,15,16,18,19). The van der Waals surface area contributed by atoms with E-state index in [0.29, 0.717) is 23.9 Å². The molecule has 96 valence electrons. The predicted molar refractivity (Wildman–Crippen MR) is 76.7 cm³/mol. The minimum atomic E-state index is 0.454. The first-order valence-electron chi connectivity index (χ1n) is 6.08. The molecule has 2 aromatic heterocycles. The number of rotatable bonds is 2. The highest BCUT2D eigenvalue weighted by Gasteiger charge is 2.11. The molecule has 0 atom stereocenters. The molecule has 5 nitrogen and oxygen atoms in total. The molecule has 5 N–H and O–H groups in total. The van der Waals surface area contributed by atoms with Crippen LogP contribution in [-0.2, 0) is 6.42 Å². The van der Waals surface area contributed by atoms with Gasteiger partial charge >= 0.3 is 0 Å². The van der Waals surface area contributed by atoms with E-state index in [9.17, 15) is 0 Å². The zero-order valence-electron chi connectivity index (χ0n) is 10.6. The highest BCUT2D eigenvalue weighted by Crippen LogP contribution is 2.25. The smallest absolute Gasteiger partial charge is 0.132 e. The first kappa shape index (κ1) is 11.5. The van der Waals surface area contributed by atoms with Crippen molar-refractivity contribution < 1.29 is 0 Å². The fourth-order valence-corrected chi connectivity index (χ4v) is 2.29. The molecule has 0 spiro atoms. The lowest BCUT2D eigenvalue weighted by Crippen LogP contribution is -2.07. The number of benzene rings is 1. The van der Waals surface area contributed by atoms with E-state index in [0.717, 1.165) is 16.6 Å². The number of para-hydroxylation sites is 1. The largest absolute Gasteiger partial charge is 0.383 e. The lowest BCUT2D eigenvalue weighted by atomic mass is 10.1.